The second kappa shape index (κ2) is 5.95. The summed E-state index contributed by atoms with van der Waals surface area (Å²) in [6, 6.07) is 9.70. The third-order valence-electron chi connectivity index (χ3n) is 2.35. The van der Waals surface area contributed by atoms with Crippen LogP contribution in [0.25, 0.3) is 0 Å². The molecule has 1 heterocycles. The van der Waals surface area contributed by atoms with Crippen molar-refractivity contribution in [2.45, 2.75) is 13.5 Å². The second-order valence-corrected chi connectivity index (χ2v) is 3.94. The minimum Gasteiger partial charge on any atom is -0.484 e. The number of hydrogen-bond acceptors (Lipinski definition) is 3. The van der Waals surface area contributed by atoms with Gasteiger partial charge in [0.2, 0.25) is 5.91 Å². The first-order valence-corrected chi connectivity index (χ1v) is 5.75. The van der Waals surface area contributed by atoms with Crippen molar-refractivity contribution in [3.8, 4) is 5.75 Å². The Balaban J connectivity index is 2.03. The molecule has 4 nitrogen and oxygen atoms in total. The lowest BCUT2D eigenvalue weighted by atomic mass is 10.3. The topological polar surface area (TPSA) is 51.2 Å². The lowest BCUT2D eigenvalue weighted by Gasteiger charge is -2.08. The van der Waals surface area contributed by atoms with E-state index in [2.05, 4.69) is 10.3 Å². The Morgan fingerprint density at radius 3 is 2.84 bits per heavy atom. The SMILES string of the molecule is CC(=O)Nc1ccc(OCc2ccccn2)c(F)c1. The lowest BCUT2D eigenvalue weighted by molar-refractivity contribution is -0.114. The van der Waals surface area contributed by atoms with Gasteiger partial charge in [-0.3, -0.25) is 9.78 Å². The number of carbonyl (C=O) groups is 1. The molecule has 0 saturated heterocycles. The Morgan fingerprint density at radius 1 is 1.37 bits per heavy atom. The van der Waals surface area contributed by atoms with E-state index in [-0.39, 0.29) is 18.3 Å². The highest BCUT2D eigenvalue weighted by Crippen LogP contribution is 2.21. The summed E-state index contributed by atoms with van der Waals surface area (Å²) in [5.74, 6) is -0.650. The fraction of sp³-hybridized carbons (Fsp3) is 0.143. The Hall–Kier alpha value is -2.43. The van der Waals surface area contributed by atoms with Gasteiger partial charge in [0, 0.05) is 24.9 Å². The van der Waals surface area contributed by atoms with E-state index in [4.69, 9.17) is 4.74 Å². The zero-order chi connectivity index (χ0) is 13.7. The van der Waals surface area contributed by atoms with Gasteiger partial charge in [0.25, 0.3) is 0 Å². The quantitative estimate of drug-likeness (QED) is 0.919. The molecule has 1 amide bonds. The third-order valence-corrected chi connectivity index (χ3v) is 2.35. The molecule has 0 bridgehead atoms. The predicted molar refractivity (Wildman–Crippen MR) is 69.3 cm³/mol. The number of benzene rings is 1. The molecule has 5 heteroatoms. The third kappa shape index (κ3) is 3.77. The Labute approximate surface area is 110 Å². The maximum Gasteiger partial charge on any atom is 0.221 e. The van der Waals surface area contributed by atoms with Crippen molar-refractivity contribution in [3.63, 3.8) is 0 Å². The Bertz CT molecular complexity index is 573. The number of hydrogen-bond donors (Lipinski definition) is 1. The van der Waals surface area contributed by atoms with Crippen LogP contribution in [-0.2, 0) is 11.4 Å². The zero-order valence-corrected chi connectivity index (χ0v) is 10.4. The van der Waals surface area contributed by atoms with Crippen LogP contribution in [0.3, 0.4) is 0 Å². The van der Waals surface area contributed by atoms with Gasteiger partial charge in [0.15, 0.2) is 11.6 Å². The summed E-state index contributed by atoms with van der Waals surface area (Å²) in [5.41, 5.74) is 1.11. The highest BCUT2D eigenvalue weighted by Gasteiger charge is 2.06. The van der Waals surface area contributed by atoms with Gasteiger partial charge in [-0.2, -0.15) is 0 Å². The van der Waals surface area contributed by atoms with E-state index in [0.717, 1.165) is 0 Å². The van der Waals surface area contributed by atoms with Crippen LogP contribution in [0.15, 0.2) is 42.6 Å². The van der Waals surface area contributed by atoms with E-state index in [1.165, 1.54) is 19.1 Å². The first-order chi connectivity index (χ1) is 9.15. The molecule has 0 fully saturated rings. The molecule has 1 N–H and O–H groups in total. The maximum absolute atomic E-state index is 13.7. The molecular weight excluding hydrogens is 247 g/mol. The fourth-order valence-electron chi connectivity index (χ4n) is 1.53. The van der Waals surface area contributed by atoms with Gasteiger partial charge >= 0.3 is 0 Å². The molecule has 0 spiro atoms. The number of carbonyl (C=O) groups excluding carboxylic acids is 1. The highest BCUT2D eigenvalue weighted by molar-refractivity contribution is 5.88. The van der Waals surface area contributed by atoms with Crippen LogP contribution in [0.5, 0.6) is 5.75 Å². The van der Waals surface area contributed by atoms with Crippen molar-refractivity contribution < 1.29 is 13.9 Å². The van der Waals surface area contributed by atoms with E-state index in [9.17, 15) is 9.18 Å². The lowest BCUT2D eigenvalue weighted by Crippen LogP contribution is -2.06. The van der Waals surface area contributed by atoms with Crippen molar-refractivity contribution >= 4 is 11.6 Å². The molecule has 0 saturated carbocycles. The van der Waals surface area contributed by atoms with Crippen LogP contribution in [0.1, 0.15) is 12.6 Å². The average molecular weight is 260 g/mol. The number of nitrogens with zero attached hydrogens (tertiary/aromatic N) is 1. The van der Waals surface area contributed by atoms with Gasteiger partial charge in [-0.25, -0.2) is 4.39 Å². The molecule has 0 unspecified atom stereocenters. The smallest absolute Gasteiger partial charge is 0.221 e. The van der Waals surface area contributed by atoms with Crippen LogP contribution >= 0.6 is 0 Å². The summed E-state index contributed by atoms with van der Waals surface area (Å²) in [6.07, 6.45) is 1.65. The number of anilines is 1. The standard InChI is InChI=1S/C14H13FN2O2/c1-10(18)17-11-5-6-14(13(15)8-11)19-9-12-4-2-3-7-16-12/h2-8H,9H2,1H3,(H,17,18). The van der Waals surface area contributed by atoms with Crippen molar-refractivity contribution in [2.24, 2.45) is 0 Å². The number of ether oxygens (including phenoxy) is 1. The molecule has 1 aromatic heterocycles. The van der Waals surface area contributed by atoms with Gasteiger partial charge in [-0.1, -0.05) is 6.07 Å². The molecular formula is C14H13FN2O2. The van der Waals surface area contributed by atoms with Crippen molar-refractivity contribution in [1.29, 1.82) is 0 Å². The number of nitrogens with one attached hydrogen (secondary N) is 1. The molecule has 0 aliphatic rings. The maximum atomic E-state index is 13.7. The summed E-state index contributed by atoms with van der Waals surface area (Å²) < 4.78 is 19.0. The molecule has 98 valence electrons. The summed E-state index contributed by atoms with van der Waals surface area (Å²) in [7, 11) is 0. The number of halogens is 1. The van der Waals surface area contributed by atoms with E-state index < -0.39 is 5.82 Å². The van der Waals surface area contributed by atoms with Gasteiger partial charge in [-0.05, 0) is 24.3 Å². The van der Waals surface area contributed by atoms with Gasteiger partial charge < -0.3 is 10.1 Å². The van der Waals surface area contributed by atoms with Crippen LogP contribution in [0.2, 0.25) is 0 Å². The van der Waals surface area contributed by atoms with E-state index in [1.807, 2.05) is 6.07 Å². The van der Waals surface area contributed by atoms with Gasteiger partial charge in [-0.15, -0.1) is 0 Å². The fourth-order valence-corrected chi connectivity index (χ4v) is 1.53. The number of amides is 1. The van der Waals surface area contributed by atoms with E-state index in [1.54, 1.807) is 24.4 Å². The summed E-state index contributed by atoms with van der Waals surface area (Å²) >= 11 is 0. The molecule has 19 heavy (non-hydrogen) atoms. The number of rotatable bonds is 4. The second-order valence-electron chi connectivity index (χ2n) is 3.94. The number of aromatic nitrogens is 1. The summed E-state index contributed by atoms with van der Waals surface area (Å²) in [4.78, 5) is 14.9. The molecule has 2 rings (SSSR count). The molecule has 0 atom stereocenters. The summed E-state index contributed by atoms with van der Waals surface area (Å²) in [5, 5.41) is 2.50. The van der Waals surface area contributed by atoms with E-state index >= 15 is 0 Å². The number of pyridine rings is 1. The normalized spacial score (nSPS) is 10.0. The first-order valence-electron chi connectivity index (χ1n) is 5.75. The average Bonchev–Trinajstić information content (AvgIpc) is 2.38. The van der Waals surface area contributed by atoms with Gasteiger partial charge in [0.1, 0.15) is 6.61 Å². The highest BCUT2D eigenvalue weighted by atomic mass is 19.1. The van der Waals surface area contributed by atoms with Crippen LogP contribution in [0.4, 0.5) is 10.1 Å². The Kier molecular flexibility index (Phi) is 4.07. The summed E-state index contributed by atoms with van der Waals surface area (Å²) in [6.45, 7) is 1.56. The van der Waals surface area contributed by atoms with Crippen molar-refractivity contribution in [1.82, 2.24) is 4.98 Å². The molecule has 1 aromatic carbocycles. The predicted octanol–water partition coefficient (Wildman–Crippen LogP) is 2.76. The van der Waals surface area contributed by atoms with Crippen molar-refractivity contribution in [2.75, 3.05) is 5.32 Å². The van der Waals surface area contributed by atoms with Crippen LogP contribution < -0.4 is 10.1 Å². The minimum absolute atomic E-state index is 0.125. The van der Waals surface area contributed by atoms with Gasteiger partial charge in [0.05, 0.1) is 5.69 Å². The van der Waals surface area contributed by atoms with Crippen LogP contribution in [0, 0.1) is 5.82 Å². The molecule has 0 aliphatic heterocycles. The zero-order valence-electron chi connectivity index (χ0n) is 10.4. The van der Waals surface area contributed by atoms with E-state index in [0.29, 0.717) is 11.4 Å². The molecule has 0 aliphatic carbocycles. The minimum atomic E-state index is -0.526. The first kappa shape index (κ1) is 13.0. The Morgan fingerprint density at radius 2 is 2.21 bits per heavy atom. The monoisotopic (exact) mass is 260 g/mol. The van der Waals surface area contributed by atoms with Crippen molar-refractivity contribution in [3.05, 3.63) is 54.1 Å². The molecule has 0 radical (unpaired) electrons. The van der Waals surface area contributed by atoms with Crippen LogP contribution in [-0.4, -0.2) is 10.9 Å². The largest absolute Gasteiger partial charge is 0.484 e. The molecule has 2 aromatic rings.